The summed E-state index contributed by atoms with van der Waals surface area (Å²) in [5, 5.41) is 12.2. The van der Waals surface area contributed by atoms with Crippen molar-refractivity contribution in [3.05, 3.63) is 44.5 Å². The van der Waals surface area contributed by atoms with Crippen molar-refractivity contribution in [2.75, 3.05) is 0 Å². The van der Waals surface area contributed by atoms with E-state index in [9.17, 15) is 14.9 Å². The lowest BCUT2D eigenvalue weighted by atomic mass is 10.2. The molecule has 0 aromatic carbocycles. The Morgan fingerprint density at radius 3 is 3.06 bits per heavy atom. The van der Waals surface area contributed by atoms with Gasteiger partial charge in [-0.15, -0.1) is 11.3 Å². The Morgan fingerprint density at radius 2 is 2.44 bits per heavy atom. The van der Waals surface area contributed by atoms with Gasteiger partial charge >= 0.3 is 5.82 Å². The molecule has 2 aromatic rings. The Hall–Kier alpha value is -2.26. The van der Waals surface area contributed by atoms with E-state index in [1.54, 1.807) is 11.4 Å². The summed E-state index contributed by atoms with van der Waals surface area (Å²) in [6, 6.07) is 1.76. The molecule has 0 spiro atoms. The van der Waals surface area contributed by atoms with Gasteiger partial charge in [-0.25, -0.2) is 5.84 Å². The number of amides is 1. The van der Waals surface area contributed by atoms with E-state index in [1.165, 1.54) is 28.4 Å². The highest BCUT2D eigenvalue weighted by molar-refractivity contribution is 7.12. The van der Waals surface area contributed by atoms with Gasteiger partial charge in [0.2, 0.25) is 6.33 Å². The van der Waals surface area contributed by atoms with Crippen LogP contribution in [-0.4, -0.2) is 20.4 Å². The lowest BCUT2D eigenvalue weighted by Crippen LogP contribution is -2.30. The van der Waals surface area contributed by atoms with Crippen LogP contribution >= 0.6 is 11.3 Å². The second kappa shape index (κ2) is 4.94. The van der Waals surface area contributed by atoms with E-state index in [4.69, 9.17) is 5.84 Å². The molecule has 0 bridgehead atoms. The number of thiophene rings is 1. The van der Waals surface area contributed by atoms with Crippen LogP contribution in [0.2, 0.25) is 0 Å². The lowest BCUT2D eigenvalue weighted by Gasteiger charge is -2.02. The Morgan fingerprint density at radius 1 is 1.67 bits per heavy atom. The molecule has 0 aliphatic rings. The number of hydrogen-bond acceptors (Lipinski definition) is 6. The maximum absolute atomic E-state index is 11.4. The molecule has 2 aromatic heterocycles. The first kappa shape index (κ1) is 12.2. The van der Waals surface area contributed by atoms with Crippen LogP contribution in [-0.2, 0) is 6.54 Å². The van der Waals surface area contributed by atoms with Crippen LogP contribution in [0.3, 0.4) is 0 Å². The molecule has 0 unspecified atom stereocenters. The second-order valence-corrected chi connectivity index (χ2v) is 4.33. The predicted molar refractivity (Wildman–Crippen MR) is 64.0 cm³/mol. The molecule has 0 saturated heterocycles. The van der Waals surface area contributed by atoms with Crippen molar-refractivity contribution in [3.63, 3.8) is 0 Å². The molecule has 3 N–H and O–H groups in total. The van der Waals surface area contributed by atoms with Crippen LogP contribution in [0, 0.1) is 10.1 Å². The van der Waals surface area contributed by atoms with Gasteiger partial charge < -0.3 is 14.7 Å². The quantitative estimate of drug-likeness (QED) is 0.362. The van der Waals surface area contributed by atoms with Crippen LogP contribution in [0.5, 0.6) is 0 Å². The maximum Gasteiger partial charge on any atom is 0.381 e. The Balaban J connectivity index is 2.20. The molecule has 0 aliphatic heterocycles. The number of nitrogens with two attached hydrogens (primary N) is 1. The smallest absolute Gasteiger partial charge is 0.358 e. The van der Waals surface area contributed by atoms with E-state index >= 15 is 0 Å². The molecule has 0 aliphatic carbocycles. The number of rotatable bonds is 4. The normalized spacial score (nSPS) is 10.3. The SMILES string of the molecule is NNC(=O)c1sccc1Cn1cnc([N+](=O)[O-])c1. The van der Waals surface area contributed by atoms with Gasteiger partial charge in [0.1, 0.15) is 6.20 Å². The summed E-state index contributed by atoms with van der Waals surface area (Å²) >= 11 is 1.25. The fraction of sp³-hybridized carbons (Fsp3) is 0.111. The van der Waals surface area contributed by atoms with Gasteiger partial charge in [-0.2, -0.15) is 0 Å². The average molecular weight is 267 g/mol. The third-order valence-corrected chi connectivity index (χ3v) is 3.20. The minimum Gasteiger partial charge on any atom is -0.358 e. The largest absolute Gasteiger partial charge is 0.381 e. The van der Waals surface area contributed by atoms with E-state index in [2.05, 4.69) is 10.4 Å². The van der Waals surface area contributed by atoms with Gasteiger partial charge in [-0.3, -0.25) is 10.2 Å². The molecule has 18 heavy (non-hydrogen) atoms. The van der Waals surface area contributed by atoms with Crippen LogP contribution < -0.4 is 11.3 Å². The van der Waals surface area contributed by atoms with Crippen molar-refractivity contribution < 1.29 is 9.72 Å². The van der Waals surface area contributed by atoms with Crippen molar-refractivity contribution in [3.8, 4) is 0 Å². The zero-order valence-corrected chi connectivity index (χ0v) is 9.88. The Labute approximate surface area is 105 Å². The first-order valence-corrected chi connectivity index (χ1v) is 5.73. The van der Waals surface area contributed by atoms with Gasteiger partial charge in [0.15, 0.2) is 0 Å². The first-order valence-electron chi connectivity index (χ1n) is 4.85. The average Bonchev–Trinajstić information content (AvgIpc) is 2.97. The molecule has 2 rings (SSSR count). The molecule has 9 heteroatoms. The maximum atomic E-state index is 11.4. The molecule has 2 heterocycles. The zero-order valence-electron chi connectivity index (χ0n) is 9.07. The number of carbonyl (C=O) groups excluding carboxylic acids is 1. The molecule has 8 nitrogen and oxygen atoms in total. The van der Waals surface area contributed by atoms with Gasteiger partial charge in [0.05, 0.1) is 11.4 Å². The molecule has 0 radical (unpaired) electrons. The summed E-state index contributed by atoms with van der Waals surface area (Å²) in [5.74, 6) is 4.46. The minimum atomic E-state index is -0.572. The Kier molecular flexibility index (Phi) is 3.35. The molecular weight excluding hydrogens is 258 g/mol. The number of nitrogens with zero attached hydrogens (tertiary/aromatic N) is 3. The third-order valence-electron chi connectivity index (χ3n) is 2.24. The molecular formula is C9H9N5O3S. The van der Waals surface area contributed by atoms with Crippen LogP contribution in [0.15, 0.2) is 24.0 Å². The van der Waals surface area contributed by atoms with Crippen LogP contribution in [0.4, 0.5) is 5.82 Å². The standard InChI is InChI=1S/C9H9N5O3S/c10-12-9(15)8-6(1-2-18-8)3-13-4-7(11-5-13)14(16)17/h1-2,4-5H,3,10H2,(H,12,15). The van der Waals surface area contributed by atoms with E-state index in [1.807, 2.05) is 0 Å². The number of imidazole rings is 1. The summed E-state index contributed by atoms with van der Waals surface area (Å²) < 4.78 is 1.54. The highest BCUT2D eigenvalue weighted by atomic mass is 32.1. The topological polar surface area (TPSA) is 116 Å². The third kappa shape index (κ3) is 2.36. The number of carbonyl (C=O) groups is 1. The molecule has 0 fully saturated rings. The van der Waals surface area contributed by atoms with Gasteiger partial charge in [-0.05, 0) is 26.9 Å². The van der Waals surface area contributed by atoms with Crippen molar-refractivity contribution in [2.24, 2.45) is 5.84 Å². The van der Waals surface area contributed by atoms with E-state index in [-0.39, 0.29) is 11.7 Å². The van der Waals surface area contributed by atoms with Gasteiger partial charge in [-0.1, -0.05) is 0 Å². The van der Waals surface area contributed by atoms with Gasteiger partial charge in [0.25, 0.3) is 5.91 Å². The fourth-order valence-electron chi connectivity index (χ4n) is 1.45. The van der Waals surface area contributed by atoms with E-state index in [0.717, 1.165) is 5.56 Å². The minimum absolute atomic E-state index is 0.227. The summed E-state index contributed by atoms with van der Waals surface area (Å²) in [7, 11) is 0. The number of hydrogen-bond donors (Lipinski definition) is 2. The molecule has 0 saturated carbocycles. The monoisotopic (exact) mass is 267 g/mol. The van der Waals surface area contributed by atoms with Crippen molar-refractivity contribution in [1.82, 2.24) is 15.0 Å². The van der Waals surface area contributed by atoms with Crippen LogP contribution in [0.1, 0.15) is 15.2 Å². The Bertz CT molecular complexity index is 591. The summed E-state index contributed by atoms with van der Waals surface area (Å²) in [6.45, 7) is 0.326. The van der Waals surface area contributed by atoms with E-state index in [0.29, 0.717) is 11.4 Å². The molecule has 94 valence electrons. The summed E-state index contributed by atoms with van der Waals surface area (Å²) in [4.78, 5) is 25.5. The number of nitrogen functional groups attached to an aromatic ring is 1. The summed E-state index contributed by atoms with van der Waals surface area (Å²) in [6.07, 6.45) is 2.65. The highest BCUT2D eigenvalue weighted by Gasteiger charge is 2.15. The number of hydrazine groups is 1. The van der Waals surface area contributed by atoms with Crippen molar-refractivity contribution in [2.45, 2.75) is 6.54 Å². The predicted octanol–water partition coefficient (Wildman–Crippen LogP) is 0.505. The lowest BCUT2D eigenvalue weighted by molar-refractivity contribution is -0.389. The van der Waals surface area contributed by atoms with Crippen molar-refractivity contribution in [1.29, 1.82) is 0 Å². The van der Waals surface area contributed by atoms with Gasteiger partial charge in [0, 0.05) is 0 Å². The molecule has 0 atom stereocenters. The number of aromatic nitrogens is 2. The first-order chi connectivity index (χ1) is 8.61. The number of nitrogens with one attached hydrogen (secondary N) is 1. The van der Waals surface area contributed by atoms with Crippen LogP contribution in [0.25, 0.3) is 0 Å². The summed E-state index contributed by atoms with van der Waals surface area (Å²) in [5.41, 5.74) is 2.79. The zero-order chi connectivity index (χ0) is 13.1. The fourth-order valence-corrected chi connectivity index (χ4v) is 2.27. The van der Waals surface area contributed by atoms with Crippen molar-refractivity contribution >= 4 is 23.1 Å². The highest BCUT2D eigenvalue weighted by Crippen LogP contribution is 2.18. The molecule has 1 amide bonds. The second-order valence-electron chi connectivity index (χ2n) is 3.41. The number of nitro groups is 1. The van der Waals surface area contributed by atoms with E-state index < -0.39 is 4.92 Å².